The van der Waals surface area contributed by atoms with Crippen molar-refractivity contribution in [1.82, 2.24) is 14.7 Å². The van der Waals surface area contributed by atoms with Gasteiger partial charge in [-0.1, -0.05) is 61.7 Å². The number of para-hydroxylation sites is 1. The molecule has 0 saturated heterocycles. The second-order valence-corrected chi connectivity index (χ2v) is 10.7. The van der Waals surface area contributed by atoms with E-state index in [1.54, 1.807) is 17.7 Å². The Morgan fingerprint density at radius 3 is 2.35 bits per heavy atom. The standard InChI is InChI=1S/C35H31ClN4O3/c1-3-4-8-19-39-34(41)31(24(2)32(21-37)35(39)42)20-27-22-40(29-9-6-5-7-10-29)38-33(27)26-13-17-30(18-14-26)43-23-25-11-15-28(36)16-12-25/h5-7,9-18,20,22H,3-4,8,19,23H2,1-2H3/b31-20+. The number of carbonyl (C=O) groups excluding carboxylic acids is 2. The smallest absolute Gasteiger partial charge is 0.271 e. The highest BCUT2D eigenvalue weighted by Crippen LogP contribution is 2.32. The van der Waals surface area contributed by atoms with Crippen LogP contribution in [0.1, 0.15) is 44.2 Å². The summed E-state index contributed by atoms with van der Waals surface area (Å²) < 4.78 is 7.72. The van der Waals surface area contributed by atoms with Crippen LogP contribution in [0.25, 0.3) is 23.0 Å². The molecular weight excluding hydrogens is 560 g/mol. The molecule has 0 bridgehead atoms. The summed E-state index contributed by atoms with van der Waals surface area (Å²) in [6, 6.07) is 26.8. The second kappa shape index (κ2) is 13.4. The maximum absolute atomic E-state index is 13.6. The van der Waals surface area contributed by atoms with Gasteiger partial charge in [-0.2, -0.15) is 10.4 Å². The summed E-state index contributed by atoms with van der Waals surface area (Å²) in [5, 5.41) is 15.4. The third-order valence-corrected chi connectivity index (χ3v) is 7.57. The van der Waals surface area contributed by atoms with E-state index in [9.17, 15) is 14.9 Å². The molecule has 0 spiro atoms. The molecule has 216 valence electrons. The molecule has 0 N–H and O–H groups in total. The van der Waals surface area contributed by atoms with Crippen molar-refractivity contribution in [2.45, 2.75) is 39.7 Å². The van der Waals surface area contributed by atoms with Crippen LogP contribution in [0.5, 0.6) is 5.75 Å². The number of imide groups is 1. The molecule has 2 heterocycles. The average molecular weight is 591 g/mol. The molecule has 0 unspecified atom stereocenters. The summed E-state index contributed by atoms with van der Waals surface area (Å²) in [6.07, 6.45) is 6.11. The first-order valence-electron chi connectivity index (χ1n) is 14.2. The van der Waals surface area contributed by atoms with E-state index in [-0.39, 0.29) is 12.1 Å². The molecule has 5 rings (SSSR count). The van der Waals surface area contributed by atoms with Crippen molar-refractivity contribution in [3.05, 3.63) is 118 Å². The van der Waals surface area contributed by atoms with E-state index in [1.165, 1.54) is 4.90 Å². The lowest BCUT2D eigenvalue weighted by molar-refractivity contribution is -0.140. The van der Waals surface area contributed by atoms with Crippen LogP contribution in [0.2, 0.25) is 5.02 Å². The quantitative estimate of drug-likeness (QED) is 0.108. The number of carbonyl (C=O) groups is 2. The fraction of sp³-hybridized carbons (Fsp3) is 0.200. The van der Waals surface area contributed by atoms with E-state index in [2.05, 4.69) is 6.92 Å². The van der Waals surface area contributed by atoms with E-state index in [1.807, 2.05) is 91.1 Å². The van der Waals surface area contributed by atoms with E-state index >= 15 is 0 Å². The zero-order valence-electron chi connectivity index (χ0n) is 24.1. The summed E-state index contributed by atoms with van der Waals surface area (Å²) >= 11 is 5.98. The number of rotatable bonds is 10. The number of benzene rings is 3. The molecule has 2 amide bonds. The molecule has 0 aliphatic carbocycles. The van der Waals surface area contributed by atoms with Crippen LogP contribution < -0.4 is 4.74 Å². The number of ether oxygens (including phenoxy) is 1. The predicted octanol–water partition coefficient (Wildman–Crippen LogP) is 7.55. The third-order valence-electron chi connectivity index (χ3n) is 7.32. The first kappa shape index (κ1) is 29.6. The van der Waals surface area contributed by atoms with Crippen molar-refractivity contribution in [1.29, 1.82) is 5.26 Å². The van der Waals surface area contributed by atoms with Gasteiger partial charge in [-0.25, -0.2) is 4.68 Å². The van der Waals surface area contributed by atoms with Crippen molar-refractivity contribution in [3.63, 3.8) is 0 Å². The van der Waals surface area contributed by atoms with Gasteiger partial charge in [0.2, 0.25) is 0 Å². The zero-order chi connectivity index (χ0) is 30.3. The first-order valence-corrected chi connectivity index (χ1v) is 14.6. The van der Waals surface area contributed by atoms with Gasteiger partial charge in [-0.05, 0) is 79.1 Å². The molecule has 0 fully saturated rings. The fourth-order valence-electron chi connectivity index (χ4n) is 4.89. The maximum Gasteiger partial charge on any atom is 0.271 e. The monoisotopic (exact) mass is 590 g/mol. The van der Waals surface area contributed by atoms with Crippen molar-refractivity contribution in [2.24, 2.45) is 0 Å². The van der Waals surface area contributed by atoms with Gasteiger partial charge in [0.15, 0.2) is 0 Å². The van der Waals surface area contributed by atoms with Gasteiger partial charge in [0.1, 0.15) is 24.0 Å². The first-order chi connectivity index (χ1) is 20.9. The van der Waals surface area contributed by atoms with Crippen molar-refractivity contribution >= 4 is 29.5 Å². The Kier molecular flexibility index (Phi) is 9.19. The van der Waals surface area contributed by atoms with Crippen molar-refractivity contribution < 1.29 is 14.3 Å². The number of halogens is 1. The molecule has 0 atom stereocenters. The Hall–Kier alpha value is -4.93. The van der Waals surface area contributed by atoms with Gasteiger partial charge in [0, 0.05) is 34.5 Å². The molecule has 3 aromatic carbocycles. The van der Waals surface area contributed by atoms with E-state index in [0.29, 0.717) is 46.2 Å². The van der Waals surface area contributed by atoms with E-state index in [4.69, 9.17) is 21.4 Å². The molecule has 43 heavy (non-hydrogen) atoms. The summed E-state index contributed by atoms with van der Waals surface area (Å²) in [5.74, 6) is -0.239. The van der Waals surface area contributed by atoms with Gasteiger partial charge in [-0.15, -0.1) is 0 Å². The van der Waals surface area contributed by atoms with Crippen LogP contribution >= 0.6 is 11.6 Å². The molecule has 7 nitrogen and oxygen atoms in total. The molecule has 1 aliphatic heterocycles. The lowest BCUT2D eigenvalue weighted by atomic mass is 9.93. The van der Waals surface area contributed by atoms with Crippen LogP contribution in [0.4, 0.5) is 0 Å². The van der Waals surface area contributed by atoms with Gasteiger partial charge >= 0.3 is 0 Å². The second-order valence-electron chi connectivity index (χ2n) is 10.3. The Bertz CT molecular complexity index is 1730. The van der Waals surface area contributed by atoms with Crippen LogP contribution in [-0.4, -0.2) is 33.0 Å². The largest absolute Gasteiger partial charge is 0.489 e. The Labute approximate surface area is 256 Å². The van der Waals surface area contributed by atoms with E-state index in [0.717, 1.165) is 29.7 Å². The van der Waals surface area contributed by atoms with Crippen LogP contribution in [0, 0.1) is 11.3 Å². The van der Waals surface area contributed by atoms with Gasteiger partial charge in [0.05, 0.1) is 11.4 Å². The fourth-order valence-corrected chi connectivity index (χ4v) is 5.02. The molecule has 8 heteroatoms. The summed E-state index contributed by atoms with van der Waals surface area (Å²) in [7, 11) is 0. The summed E-state index contributed by atoms with van der Waals surface area (Å²) in [6.45, 7) is 4.38. The van der Waals surface area contributed by atoms with Crippen LogP contribution in [0.3, 0.4) is 0 Å². The Balaban J connectivity index is 1.52. The van der Waals surface area contributed by atoms with Crippen molar-refractivity contribution in [3.8, 4) is 28.8 Å². The van der Waals surface area contributed by atoms with E-state index < -0.39 is 11.8 Å². The maximum atomic E-state index is 13.6. The predicted molar refractivity (Wildman–Crippen MR) is 167 cm³/mol. The zero-order valence-corrected chi connectivity index (χ0v) is 24.8. The van der Waals surface area contributed by atoms with Gasteiger partial charge in [0.25, 0.3) is 11.8 Å². The van der Waals surface area contributed by atoms with Crippen LogP contribution in [0.15, 0.2) is 102 Å². The average Bonchev–Trinajstić information content (AvgIpc) is 3.45. The minimum absolute atomic E-state index is 0.0125. The lowest BCUT2D eigenvalue weighted by Gasteiger charge is -2.27. The third kappa shape index (κ3) is 6.61. The summed E-state index contributed by atoms with van der Waals surface area (Å²) in [4.78, 5) is 27.8. The number of aromatic nitrogens is 2. The number of unbranched alkanes of at least 4 members (excludes halogenated alkanes) is 2. The number of amides is 2. The number of nitriles is 1. The SMILES string of the molecule is CCCCCN1C(=O)C(C#N)=C(C)/C(=C\c2cn(-c3ccccc3)nc2-c2ccc(OCc3ccc(Cl)cc3)cc2)C1=O. The number of nitrogens with zero attached hydrogens (tertiary/aromatic N) is 4. The summed E-state index contributed by atoms with van der Waals surface area (Å²) in [5.41, 5.74) is 4.67. The van der Waals surface area contributed by atoms with Crippen molar-refractivity contribution in [2.75, 3.05) is 6.54 Å². The van der Waals surface area contributed by atoms with Crippen LogP contribution in [-0.2, 0) is 16.2 Å². The molecular formula is C35H31ClN4O3. The minimum atomic E-state index is -0.535. The highest BCUT2D eigenvalue weighted by molar-refractivity contribution is 6.30. The van der Waals surface area contributed by atoms with Gasteiger partial charge < -0.3 is 4.74 Å². The van der Waals surface area contributed by atoms with Gasteiger partial charge in [-0.3, -0.25) is 14.5 Å². The molecule has 0 radical (unpaired) electrons. The normalized spacial score (nSPS) is 14.4. The Morgan fingerprint density at radius 2 is 1.67 bits per heavy atom. The number of hydrogen-bond donors (Lipinski definition) is 0. The topological polar surface area (TPSA) is 88.2 Å². The molecule has 4 aromatic rings. The highest BCUT2D eigenvalue weighted by Gasteiger charge is 2.35. The molecule has 0 saturated carbocycles. The minimum Gasteiger partial charge on any atom is -0.489 e. The highest BCUT2D eigenvalue weighted by atomic mass is 35.5. The molecule has 1 aliphatic rings. The Morgan fingerprint density at radius 1 is 0.953 bits per heavy atom. The molecule has 1 aromatic heterocycles. The number of hydrogen-bond acceptors (Lipinski definition) is 5. The lowest BCUT2D eigenvalue weighted by Crippen LogP contribution is -2.43.